The smallest absolute Gasteiger partial charge is 0.151 e. The lowest BCUT2D eigenvalue weighted by Gasteiger charge is -2.07. The molecule has 0 aliphatic carbocycles. The molecule has 0 N–H and O–H groups in total. The Bertz CT molecular complexity index is 552. The van der Waals surface area contributed by atoms with Crippen LogP contribution in [-0.2, 0) is 0 Å². The third kappa shape index (κ3) is 2.90. The van der Waals surface area contributed by atoms with Gasteiger partial charge in [0.2, 0.25) is 0 Å². The van der Waals surface area contributed by atoms with E-state index in [1.54, 1.807) is 23.9 Å². The maximum atomic E-state index is 11.0. The summed E-state index contributed by atoms with van der Waals surface area (Å²) >= 11 is 7.45. The molecule has 0 aliphatic heterocycles. The second-order valence-electron chi connectivity index (χ2n) is 3.67. The fourth-order valence-electron chi connectivity index (χ4n) is 1.49. The fourth-order valence-corrected chi connectivity index (χ4v) is 2.65. The Kier molecular flexibility index (Phi) is 3.87. The molecule has 0 spiro atoms. The lowest BCUT2D eigenvalue weighted by Crippen LogP contribution is -1.86. The van der Waals surface area contributed by atoms with Gasteiger partial charge in [0.05, 0.1) is 0 Å². The van der Waals surface area contributed by atoms with Crippen molar-refractivity contribution in [3.63, 3.8) is 0 Å². The van der Waals surface area contributed by atoms with E-state index in [1.807, 2.05) is 24.3 Å². The van der Waals surface area contributed by atoms with E-state index in [1.165, 1.54) is 5.56 Å². The summed E-state index contributed by atoms with van der Waals surface area (Å²) in [6, 6.07) is 13.5. The predicted octanol–water partition coefficient (Wildman–Crippen LogP) is 4.61. The van der Waals surface area contributed by atoms with Crippen LogP contribution in [0.4, 0.5) is 0 Å². The first-order valence-electron chi connectivity index (χ1n) is 5.19. The average molecular weight is 263 g/mol. The number of aldehydes is 1. The second-order valence-corrected chi connectivity index (χ2v) is 5.19. The van der Waals surface area contributed by atoms with Crippen LogP contribution in [0.25, 0.3) is 0 Å². The topological polar surface area (TPSA) is 17.1 Å². The van der Waals surface area contributed by atoms with Gasteiger partial charge in [-0.15, -0.1) is 0 Å². The molecule has 0 radical (unpaired) electrons. The summed E-state index contributed by atoms with van der Waals surface area (Å²) in [5.74, 6) is 0. The van der Waals surface area contributed by atoms with Gasteiger partial charge in [-0.3, -0.25) is 4.79 Å². The first kappa shape index (κ1) is 12.2. The van der Waals surface area contributed by atoms with Crippen molar-refractivity contribution in [3.8, 4) is 0 Å². The molecule has 0 fully saturated rings. The average Bonchev–Trinajstić information content (AvgIpc) is 2.34. The fraction of sp³-hybridized carbons (Fsp3) is 0.0714. The molecule has 2 rings (SSSR count). The molecule has 0 bridgehead atoms. The van der Waals surface area contributed by atoms with Crippen molar-refractivity contribution in [2.75, 3.05) is 0 Å². The summed E-state index contributed by atoms with van der Waals surface area (Å²) < 4.78 is 0. The third-order valence-corrected chi connectivity index (χ3v) is 3.92. The van der Waals surface area contributed by atoms with E-state index in [0.29, 0.717) is 10.6 Å². The highest BCUT2D eigenvalue weighted by Gasteiger charge is 2.06. The van der Waals surface area contributed by atoms with Crippen LogP contribution in [0.2, 0.25) is 5.02 Å². The molecular formula is C14H11ClOS. The van der Waals surface area contributed by atoms with E-state index in [-0.39, 0.29) is 0 Å². The number of hydrogen-bond donors (Lipinski definition) is 0. The van der Waals surface area contributed by atoms with Crippen molar-refractivity contribution in [2.45, 2.75) is 16.7 Å². The molecule has 2 aromatic rings. The van der Waals surface area contributed by atoms with Crippen molar-refractivity contribution in [1.29, 1.82) is 0 Å². The van der Waals surface area contributed by atoms with Crippen LogP contribution in [0.15, 0.2) is 52.3 Å². The molecule has 0 aliphatic rings. The Hall–Kier alpha value is -1.25. The molecule has 0 saturated heterocycles. The zero-order chi connectivity index (χ0) is 12.3. The number of hydrogen-bond acceptors (Lipinski definition) is 2. The van der Waals surface area contributed by atoms with Gasteiger partial charge in [-0.05, 0) is 36.8 Å². The Morgan fingerprint density at radius 1 is 1.12 bits per heavy atom. The van der Waals surface area contributed by atoms with Crippen molar-refractivity contribution >= 4 is 29.6 Å². The molecule has 0 saturated carbocycles. The monoisotopic (exact) mass is 262 g/mol. The molecule has 86 valence electrons. The minimum Gasteiger partial charge on any atom is -0.298 e. The van der Waals surface area contributed by atoms with Crippen LogP contribution in [0.5, 0.6) is 0 Å². The Morgan fingerprint density at radius 3 is 2.59 bits per heavy atom. The largest absolute Gasteiger partial charge is 0.298 e. The van der Waals surface area contributed by atoms with Crippen LogP contribution in [0.3, 0.4) is 0 Å². The first-order valence-corrected chi connectivity index (χ1v) is 6.38. The first-order chi connectivity index (χ1) is 8.20. The van der Waals surface area contributed by atoms with E-state index >= 15 is 0 Å². The normalized spacial score (nSPS) is 10.2. The summed E-state index contributed by atoms with van der Waals surface area (Å²) in [4.78, 5) is 13.1. The highest BCUT2D eigenvalue weighted by Crippen LogP contribution is 2.33. The standard InChI is InChI=1S/C14H11ClOS/c1-10-4-2-3-5-13(10)17-14-7-6-12(15)8-11(14)9-16/h2-9H,1H3. The number of rotatable bonds is 3. The number of benzene rings is 2. The van der Waals surface area contributed by atoms with Gasteiger partial charge in [0.25, 0.3) is 0 Å². The maximum absolute atomic E-state index is 11.0. The van der Waals surface area contributed by atoms with Crippen LogP contribution in [-0.4, -0.2) is 6.29 Å². The number of carbonyl (C=O) groups is 1. The lowest BCUT2D eigenvalue weighted by atomic mass is 10.2. The minimum atomic E-state index is 0.584. The molecule has 0 aromatic heterocycles. The van der Waals surface area contributed by atoms with Gasteiger partial charge < -0.3 is 0 Å². The molecule has 1 nitrogen and oxygen atoms in total. The van der Waals surface area contributed by atoms with Crippen molar-refractivity contribution in [2.24, 2.45) is 0 Å². The van der Waals surface area contributed by atoms with Crippen molar-refractivity contribution < 1.29 is 4.79 Å². The highest BCUT2D eigenvalue weighted by molar-refractivity contribution is 7.99. The molecule has 2 aromatic carbocycles. The van der Waals surface area contributed by atoms with Gasteiger partial charge in [0.1, 0.15) is 0 Å². The predicted molar refractivity (Wildman–Crippen MR) is 72.1 cm³/mol. The van der Waals surface area contributed by atoms with E-state index in [0.717, 1.165) is 16.1 Å². The van der Waals surface area contributed by atoms with E-state index in [4.69, 9.17) is 11.6 Å². The van der Waals surface area contributed by atoms with Gasteiger partial charge in [-0.1, -0.05) is 41.6 Å². The number of aryl methyl sites for hydroxylation is 1. The molecule has 17 heavy (non-hydrogen) atoms. The molecule has 0 heterocycles. The maximum Gasteiger partial charge on any atom is 0.151 e. The molecule has 0 amide bonds. The Balaban J connectivity index is 2.36. The molecule has 3 heteroatoms. The zero-order valence-electron chi connectivity index (χ0n) is 9.31. The van der Waals surface area contributed by atoms with Crippen LogP contribution < -0.4 is 0 Å². The third-order valence-electron chi connectivity index (χ3n) is 2.41. The van der Waals surface area contributed by atoms with Crippen LogP contribution in [0, 0.1) is 6.92 Å². The highest BCUT2D eigenvalue weighted by atomic mass is 35.5. The van der Waals surface area contributed by atoms with Crippen molar-refractivity contribution in [3.05, 3.63) is 58.6 Å². The van der Waals surface area contributed by atoms with Gasteiger partial charge in [-0.25, -0.2) is 0 Å². The Morgan fingerprint density at radius 2 is 1.88 bits per heavy atom. The number of carbonyl (C=O) groups excluding carboxylic acids is 1. The van der Waals surface area contributed by atoms with E-state index < -0.39 is 0 Å². The van der Waals surface area contributed by atoms with Gasteiger partial charge in [0.15, 0.2) is 6.29 Å². The van der Waals surface area contributed by atoms with E-state index in [9.17, 15) is 4.79 Å². The summed E-state index contributed by atoms with van der Waals surface area (Å²) in [7, 11) is 0. The Labute approximate surface area is 110 Å². The van der Waals surface area contributed by atoms with Crippen LogP contribution >= 0.6 is 23.4 Å². The van der Waals surface area contributed by atoms with Crippen LogP contribution in [0.1, 0.15) is 15.9 Å². The second kappa shape index (κ2) is 5.39. The zero-order valence-corrected chi connectivity index (χ0v) is 10.9. The minimum absolute atomic E-state index is 0.584. The van der Waals surface area contributed by atoms with Crippen molar-refractivity contribution in [1.82, 2.24) is 0 Å². The summed E-state index contributed by atoms with van der Waals surface area (Å²) in [6.07, 6.45) is 0.840. The molecular weight excluding hydrogens is 252 g/mol. The quantitative estimate of drug-likeness (QED) is 0.752. The van der Waals surface area contributed by atoms with Gasteiger partial charge >= 0.3 is 0 Å². The van der Waals surface area contributed by atoms with Gasteiger partial charge in [0, 0.05) is 20.4 Å². The summed E-state index contributed by atoms with van der Waals surface area (Å²) in [5.41, 5.74) is 1.83. The summed E-state index contributed by atoms with van der Waals surface area (Å²) in [6.45, 7) is 2.05. The van der Waals surface area contributed by atoms with E-state index in [2.05, 4.69) is 13.0 Å². The molecule has 0 unspecified atom stereocenters. The lowest BCUT2D eigenvalue weighted by molar-refractivity contribution is 0.112. The number of halogens is 1. The van der Waals surface area contributed by atoms with Gasteiger partial charge in [-0.2, -0.15) is 0 Å². The molecule has 0 atom stereocenters. The SMILES string of the molecule is Cc1ccccc1Sc1ccc(Cl)cc1C=O. The summed E-state index contributed by atoms with van der Waals surface area (Å²) in [5, 5.41) is 0.584.